The largest absolute Gasteiger partial charge is 0.487 e. The van der Waals surface area contributed by atoms with E-state index in [9.17, 15) is 14.7 Å². The summed E-state index contributed by atoms with van der Waals surface area (Å²) in [5.74, 6) is -0.204. The molecule has 0 radical (unpaired) electrons. The monoisotopic (exact) mass is 550 g/mol. The third kappa shape index (κ3) is 8.11. The fourth-order valence-electron chi connectivity index (χ4n) is 3.79. The number of carbonyl (C=O) groups excluding carboxylic acids is 2. The molecule has 6 N–H and O–H groups in total. The van der Waals surface area contributed by atoms with E-state index < -0.39 is 5.97 Å². The van der Waals surface area contributed by atoms with Gasteiger partial charge in [0.05, 0.1) is 24.9 Å². The average molecular weight is 551 g/mol. The average Bonchev–Trinajstić information content (AvgIpc) is 2.95. The van der Waals surface area contributed by atoms with Gasteiger partial charge in [0.15, 0.2) is 23.9 Å². The number of amides is 1. The highest BCUT2D eigenvalue weighted by molar-refractivity contribution is 6.08. The molecule has 212 valence electrons. The molecule has 0 spiro atoms. The van der Waals surface area contributed by atoms with Gasteiger partial charge in [-0.15, -0.1) is 0 Å². The van der Waals surface area contributed by atoms with Crippen molar-refractivity contribution in [2.75, 3.05) is 23.8 Å². The number of nitrogens with one attached hydrogen (secondary N) is 2. The number of nitrogens with zero attached hydrogens (tertiary/aromatic N) is 1. The molecule has 3 aromatic carbocycles. The van der Waals surface area contributed by atoms with E-state index in [0.29, 0.717) is 45.1 Å². The molecule has 0 aliphatic heterocycles. The lowest BCUT2D eigenvalue weighted by Crippen LogP contribution is -2.18. The first-order valence-electron chi connectivity index (χ1n) is 12.7. The van der Waals surface area contributed by atoms with Crippen LogP contribution in [0.1, 0.15) is 47.8 Å². The van der Waals surface area contributed by atoms with Crippen LogP contribution in [0, 0.1) is 0 Å². The molecule has 0 atom stereocenters. The molecule has 0 saturated heterocycles. The second-order valence-corrected chi connectivity index (χ2v) is 8.92. The molecule has 3 rings (SSSR count). The van der Waals surface area contributed by atoms with Crippen LogP contribution in [0.15, 0.2) is 65.8 Å². The summed E-state index contributed by atoms with van der Waals surface area (Å²) in [6.07, 6.45) is -0.189. The molecular weight excluding hydrogens is 516 g/mol. The smallest absolute Gasteiger partial charge is 0.344 e. The van der Waals surface area contributed by atoms with E-state index >= 15 is 0 Å². The number of hydrogen-bond acceptors (Lipinski definition) is 9. The summed E-state index contributed by atoms with van der Waals surface area (Å²) < 4.78 is 16.7. The van der Waals surface area contributed by atoms with Crippen LogP contribution in [-0.2, 0) is 22.7 Å². The zero-order valence-corrected chi connectivity index (χ0v) is 22.6. The maximum atomic E-state index is 13.1. The first kappa shape index (κ1) is 29.8. The normalized spacial score (nSPS) is 11.2. The Morgan fingerprint density at radius 3 is 2.45 bits per heavy atom. The fourth-order valence-corrected chi connectivity index (χ4v) is 3.79. The number of esters is 1. The predicted octanol–water partition coefficient (Wildman–Crippen LogP) is 3.87. The van der Waals surface area contributed by atoms with Gasteiger partial charge in [0, 0.05) is 29.0 Å². The lowest BCUT2D eigenvalue weighted by atomic mass is 10.1. The van der Waals surface area contributed by atoms with Gasteiger partial charge < -0.3 is 40.9 Å². The van der Waals surface area contributed by atoms with Crippen LogP contribution >= 0.6 is 0 Å². The number of aliphatic hydroxyl groups is 1. The number of para-hydroxylation sites is 1. The van der Waals surface area contributed by atoms with Crippen LogP contribution in [0.25, 0.3) is 0 Å². The summed E-state index contributed by atoms with van der Waals surface area (Å²) >= 11 is 0. The minimum absolute atomic E-state index is 0.0368. The van der Waals surface area contributed by atoms with Crippen LogP contribution in [-0.4, -0.2) is 47.3 Å². The third-order valence-electron chi connectivity index (χ3n) is 5.56. The first-order valence-corrected chi connectivity index (χ1v) is 12.7. The number of anilines is 2. The van der Waals surface area contributed by atoms with Gasteiger partial charge in [-0.2, -0.15) is 0 Å². The van der Waals surface area contributed by atoms with Crippen LogP contribution in [0.3, 0.4) is 0 Å². The number of aliphatic hydroxyl groups excluding tert-OH is 1. The van der Waals surface area contributed by atoms with Gasteiger partial charge in [0.1, 0.15) is 0 Å². The quantitative estimate of drug-likeness (QED) is 0.0698. The van der Waals surface area contributed by atoms with E-state index in [1.54, 1.807) is 67.6 Å². The Morgan fingerprint density at radius 1 is 1.07 bits per heavy atom. The highest BCUT2D eigenvalue weighted by Gasteiger charge is 2.18. The number of benzene rings is 3. The molecule has 3 aromatic rings. The molecule has 11 nitrogen and oxygen atoms in total. The van der Waals surface area contributed by atoms with Crippen LogP contribution < -0.4 is 25.8 Å². The Bertz CT molecular complexity index is 1340. The molecule has 0 fully saturated rings. The number of hydrogen-bond donors (Lipinski definition) is 5. The highest BCUT2D eigenvalue weighted by atomic mass is 16.6. The van der Waals surface area contributed by atoms with Gasteiger partial charge in [-0.25, -0.2) is 4.79 Å². The van der Waals surface area contributed by atoms with E-state index in [0.717, 1.165) is 0 Å². The van der Waals surface area contributed by atoms with Gasteiger partial charge >= 0.3 is 5.97 Å². The Kier molecular flexibility index (Phi) is 10.7. The number of nitrogens with two attached hydrogens (primary N) is 1. The standard InChI is InChI=1S/C29H34N4O7/c1-4-38-26(35)17-39-27-21(13-19(16-34)14-25(27)40-18(2)3)15-31-24-8-6-5-7-23(24)29(36)32-22-11-9-20(10-12-22)28(30)33-37/h5-14,18,31,34,37H,4,15-17H2,1-3H3,(H2,30,33)(H,32,36). The molecule has 0 bridgehead atoms. The summed E-state index contributed by atoms with van der Waals surface area (Å²) in [5.41, 5.74) is 8.77. The Morgan fingerprint density at radius 2 is 1.80 bits per heavy atom. The summed E-state index contributed by atoms with van der Waals surface area (Å²) in [5, 5.41) is 27.7. The molecule has 40 heavy (non-hydrogen) atoms. The van der Waals surface area contributed by atoms with Gasteiger partial charge in [-0.3, -0.25) is 4.79 Å². The molecule has 11 heteroatoms. The molecule has 1 amide bonds. The lowest BCUT2D eigenvalue weighted by Gasteiger charge is -2.20. The number of oxime groups is 1. The van der Waals surface area contributed by atoms with Crippen molar-refractivity contribution in [1.82, 2.24) is 0 Å². The van der Waals surface area contributed by atoms with Crippen molar-refractivity contribution in [3.63, 3.8) is 0 Å². The topological polar surface area (TPSA) is 165 Å². The second-order valence-electron chi connectivity index (χ2n) is 8.92. The second kappa shape index (κ2) is 14.4. The summed E-state index contributed by atoms with van der Waals surface area (Å²) in [6, 6.07) is 16.9. The number of carbonyl (C=O) groups is 2. The maximum Gasteiger partial charge on any atom is 0.344 e. The van der Waals surface area contributed by atoms with Crippen molar-refractivity contribution in [2.45, 2.75) is 40.0 Å². The van der Waals surface area contributed by atoms with E-state index in [-0.39, 0.29) is 44.2 Å². The van der Waals surface area contributed by atoms with Crippen molar-refractivity contribution >= 4 is 29.1 Å². The molecule has 0 unspecified atom stereocenters. The SMILES string of the molecule is CCOC(=O)COc1c(CNc2ccccc2C(=O)Nc2ccc(/C(N)=N/O)cc2)cc(CO)cc1OC(C)C. The van der Waals surface area contributed by atoms with E-state index in [4.69, 9.17) is 25.2 Å². The Hall–Kier alpha value is -4.77. The fraction of sp³-hybridized carbons (Fsp3) is 0.276. The van der Waals surface area contributed by atoms with Gasteiger partial charge in [-0.1, -0.05) is 17.3 Å². The van der Waals surface area contributed by atoms with Crippen molar-refractivity contribution in [2.24, 2.45) is 10.9 Å². The Balaban J connectivity index is 1.85. The molecule has 0 aromatic heterocycles. The van der Waals surface area contributed by atoms with E-state index in [1.165, 1.54) is 0 Å². The predicted molar refractivity (Wildman–Crippen MR) is 151 cm³/mol. The lowest BCUT2D eigenvalue weighted by molar-refractivity contribution is -0.145. The summed E-state index contributed by atoms with van der Waals surface area (Å²) in [6.45, 7) is 5.30. The van der Waals surface area contributed by atoms with Crippen molar-refractivity contribution in [1.29, 1.82) is 0 Å². The minimum atomic E-state index is -0.524. The molecule has 0 heterocycles. The molecule has 0 aliphatic carbocycles. The van der Waals surface area contributed by atoms with Crippen LogP contribution in [0.5, 0.6) is 11.5 Å². The molecular formula is C29H34N4O7. The maximum absolute atomic E-state index is 13.1. The molecule has 0 aliphatic rings. The highest BCUT2D eigenvalue weighted by Crippen LogP contribution is 2.35. The zero-order valence-electron chi connectivity index (χ0n) is 22.6. The van der Waals surface area contributed by atoms with Crippen LogP contribution in [0.4, 0.5) is 11.4 Å². The summed E-state index contributed by atoms with van der Waals surface area (Å²) in [7, 11) is 0. The third-order valence-corrected chi connectivity index (χ3v) is 5.56. The van der Waals surface area contributed by atoms with Crippen molar-refractivity contribution < 1.29 is 34.1 Å². The first-order chi connectivity index (χ1) is 19.2. The zero-order chi connectivity index (χ0) is 29.1. The van der Waals surface area contributed by atoms with Gasteiger partial charge in [0.25, 0.3) is 5.91 Å². The van der Waals surface area contributed by atoms with Gasteiger partial charge in [-0.05, 0) is 74.9 Å². The number of ether oxygens (including phenoxy) is 3. The number of rotatable bonds is 13. The van der Waals surface area contributed by atoms with E-state index in [2.05, 4.69) is 15.8 Å². The summed E-state index contributed by atoms with van der Waals surface area (Å²) in [4.78, 5) is 25.1. The van der Waals surface area contributed by atoms with Crippen LogP contribution in [0.2, 0.25) is 0 Å². The minimum Gasteiger partial charge on any atom is -0.487 e. The van der Waals surface area contributed by atoms with Gasteiger partial charge in [0.2, 0.25) is 0 Å². The van der Waals surface area contributed by atoms with E-state index in [1.807, 2.05) is 13.8 Å². The van der Waals surface area contributed by atoms with Crippen molar-refractivity contribution in [3.05, 3.63) is 82.9 Å². The number of amidine groups is 1. The Labute approximate surface area is 232 Å². The van der Waals surface area contributed by atoms with Crippen molar-refractivity contribution in [3.8, 4) is 11.5 Å². The molecule has 0 saturated carbocycles.